The van der Waals surface area contributed by atoms with Crippen LogP contribution in [0, 0.1) is 5.82 Å². The second kappa shape index (κ2) is 9.64. The molecule has 0 fully saturated rings. The Morgan fingerprint density at radius 1 is 1.09 bits per heavy atom. The Morgan fingerprint density at radius 3 is 2.37 bits per heavy atom. The highest BCUT2D eigenvalue weighted by molar-refractivity contribution is 7.90. The lowest BCUT2D eigenvalue weighted by molar-refractivity contribution is -0.137. The third kappa shape index (κ3) is 6.04. The van der Waals surface area contributed by atoms with E-state index in [0.29, 0.717) is 11.1 Å². The molecule has 2 aromatic rings. The summed E-state index contributed by atoms with van der Waals surface area (Å²) in [6.45, 7) is 5.01. The van der Waals surface area contributed by atoms with E-state index in [1.54, 1.807) is 26.8 Å². The molecule has 1 aliphatic rings. The van der Waals surface area contributed by atoms with E-state index >= 15 is 0 Å². The number of hydrogen-bond donors (Lipinski definition) is 0. The van der Waals surface area contributed by atoms with Gasteiger partial charge in [0.1, 0.15) is 21.4 Å². The van der Waals surface area contributed by atoms with Gasteiger partial charge < -0.3 is 9.47 Å². The number of sulfone groups is 1. The zero-order valence-electron chi connectivity index (χ0n) is 19.8. The molecular formula is C25H26F4O5S. The number of esters is 1. The molecular weight excluding hydrogens is 488 g/mol. The average Bonchev–Trinajstić information content (AvgIpc) is 2.99. The van der Waals surface area contributed by atoms with Crippen molar-refractivity contribution in [1.82, 2.24) is 0 Å². The van der Waals surface area contributed by atoms with E-state index < -0.39 is 38.8 Å². The standard InChI is InChI=1S/C25H26F4O5S/c1-5-33-23(30)18-12-17-19(14-24(2,3)20(17)13-22(18)26)16-8-7-15(11-21(16)25(27,28)29)34-9-6-10-35(4,31)32/h7-8,11-14H,5-6,9-10H2,1-4H3. The molecule has 0 saturated heterocycles. The summed E-state index contributed by atoms with van der Waals surface area (Å²) in [5.41, 5.74) is -1.27. The van der Waals surface area contributed by atoms with Crippen molar-refractivity contribution in [2.24, 2.45) is 0 Å². The third-order valence-corrected chi connectivity index (χ3v) is 6.64. The maximum atomic E-state index is 14.7. The van der Waals surface area contributed by atoms with Crippen LogP contribution in [0.5, 0.6) is 5.75 Å². The molecule has 35 heavy (non-hydrogen) atoms. The molecule has 0 unspecified atom stereocenters. The molecule has 0 aliphatic heterocycles. The Bertz CT molecular complexity index is 1280. The number of benzene rings is 2. The third-order valence-electron chi connectivity index (χ3n) is 5.61. The zero-order chi connectivity index (χ0) is 26.2. The number of alkyl halides is 3. The number of ether oxygens (including phenoxy) is 2. The van der Waals surface area contributed by atoms with Crippen LogP contribution in [0.15, 0.2) is 36.4 Å². The number of halogens is 4. The molecule has 190 valence electrons. The normalized spacial score (nSPS) is 14.9. The van der Waals surface area contributed by atoms with Gasteiger partial charge in [0.25, 0.3) is 0 Å². The summed E-state index contributed by atoms with van der Waals surface area (Å²) in [5, 5.41) is 0. The van der Waals surface area contributed by atoms with Crippen molar-refractivity contribution in [3.8, 4) is 5.75 Å². The van der Waals surface area contributed by atoms with E-state index in [1.165, 1.54) is 18.2 Å². The predicted molar refractivity (Wildman–Crippen MR) is 124 cm³/mol. The van der Waals surface area contributed by atoms with Crippen LogP contribution in [0.1, 0.15) is 59.8 Å². The molecule has 0 heterocycles. The molecule has 0 saturated carbocycles. The van der Waals surface area contributed by atoms with Crippen molar-refractivity contribution in [1.29, 1.82) is 0 Å². The van der Waals surface area contributed by atoms with Crippen LogP contribution in [0.2, 0.25) is 0 Å². The Labute approximate surface area is 201 Å². The minimum Gasteiger partial charge on any atom is -0.494 e. The van der Waals surface area contributed by atoms with Gasteiger partial charge in [-0.1, -0.05) is 26.0 Å². The molecule has 3 rings (SSSR count). The number of hydrogen-bond acceptors (Lipinski definition) is 5. The summed E-state index contributed by atoms with van der Waals surface area (Å²) in [4.78, 5) is 12.2. The van der Waals surface area contributed by atoms with Gasteiger partial charge in [0, 0.05) is 11.7 Å². The van der Waals surface area contributed by atoms with E-state index in [9.17, 15) is 30.8 Å². The number of carbonyl (C=O) groups excluding carboxylic acids is 1. The molecule has 0 spiro atoms. The zero-order valence-corrected chi connectivity index (χ0v) is 20.6. The second-order valence-electron chi connectivity index (χ2n) is 8.91. The first-order chi connectivity index (χ1) is 16.1. The molecule has 0 amide bonds. The molecule has 0 bridgehead atoms. The van der Waals surface area contributed by atoms with Crippen molar-refractivity contribution in [3.63, 3.8) is 0 Å². The Morgan fingerprint density at radius 2 is 1.77 bits per heavy atom. The summed E-state index contributed by atoms with van der Waals surface area (Å²) in [6, 6.07) is 5.89. The quantitative estimate of drug-likeness (QED) is 0.262. The highest BCUT2D eigenvalue weighted by Gasteiger charge is 2.39. The fourth-order valence-corrected chi connectivity index (χ4v) is 4.67. The lowest BCUT2D eigenvalue weighted by Crippen LogP contribution is -2.14. The maximum Gasteiger partial charge on any atom is 0.417 e. The van der Waals surface area contributed by atoms with Crippen LogP contribution < -0.4 is 4.74 Å². The number of fused-ring (bicyclic) bond motifs is 1. The van der Waals surface area contributed by atoms with Gasteiger partial charge in [-0.3, -0.25) is 0 Å². The van der Waals surface area contributed by atoms with Gasteiger partial charge in [0.15, 0.2) is 0 Å². The smallest absolute Gasteiger partial charge is 0.417 e. The van der Waals surface area contributed by atoms with Gasteiger partial charge in [0.2, 0.25) is 0 Å². The van der Waals surface area contributed by atoms with E-state index in [0.717, 1.165) is 18.4 Å². The summed E-state index contributed by atoms with van der Waals surface area (Å²) in [6.07, 6.45) is -1.92. The Kier molecular flexibility index (Phi) is 7.36. The minimum absolute atomic E-state index is 0.0212. The molecule has 0 atom stereocenters. The highest BCUT2D eigenvalue weighted by atomic mass is 32.2. The molecule has 0 radical (unpaired) electrons. The van der Waals surface area contributed by atoms with Gasteiger partial charge in [0.05, 0.1) is 30.1 Å². The van der Waals surface area contributed by atoms with Crippen LogP contribution in [-0.2, 0) is 26.2 Å². The van der Waals surface area contributed by atoms with Crippen LogP contribution >= 0.6 is 0 Å². The van der Waals surface area contributed by atoms with Crippen molar-refractivity contribution in [2.45, 2.75) is 38.8 Å². The van der Waals surface area contributed by atoms with E-state index in [4.69, 9.17) is 9.47 Å². The molecule has 1 aliphatic carbocycles. The minimum atomic E-state index is -4.74. The molecule has 10 heteroatoms. The van der Waals surface area contributed by atoms with Crippen LogP contribution in [0.25, 0.3) is 5.57 Å². The fraction of sp³-hybridized carbons (Fsp3) is 0.400. The molecule has 5 nitrogen and oxygen atoms in total. The Hall–Kier alpha value is -2.88. The highest BCUT2D eigenvalue weighted by Crippen LogP contribution is 2.47. The monoisotopic (exact) mass is 514 g/mol. The number of rotatable bonds is 8. The largest absolute Gasteiger partial charge is 0.494 e. The summed E-state index contributed by atoms with van der Waals surface area (Å²) < 4.78 is 89.6. The van der Waals surface area contributed by atoms with Gasteiger partial charge in [-0.05, 0) is 59.9 Å². The van der Waals surface area contributed by atoms with E-state index in [1.807, 2.05) is 0 Å². The lowest BCUT2D eigenvalue weighted by atomic mass is 9.86. The van der Waals surface area contributed by atoms with Crippen LogP contribution in [0.4, 0.5) is 17.6 Å². The average molecular weight is 515 g/mol. The van der Waals surface area contributed by atoms with Crippen molar-refractivity contribution < 1.29 is 40.2 Å². The van der Waals surface area contributed by atoms with Gasteiger partial charge in [-0.15, -0.1) is 0 Å². The van der Waals surface area contributed by atoms with Crippen molar-refractivity contribution >= 4 is 21.4 Å². The second-order valence-corrected chi connectivity index (χ2v) is 11.2. The van der Waals surface area contributed by atoms with Crippen LogP contribution in [0.3, 0.4) is 0 Å². The summed E-state index contributed by atoms with van der Waals surface area (Å²) in [7, 11) is -3.21. The first kappa shape index (κ1) is 26.7. The van der Waals surface area contributed by atoms with Gasteiger partial charge in [-0.2, -0.15) is 13.2 Å². The summed E-state index contributed by atoms with van der Waals surface area (Å²) >= 11 is 0. The number of carbonyl (C=O) groups is 1. The predicted octanol–water partition coefficient (Wildman–Crippen LogP) is 5.56. The Balaban J connectivity index is 2.05. The van der Waals surface area contributed by atoms with Crippen LogP contribution in [-0.4, -0.2) is 39.6 Å². The van der Waals surface area contributed by atoms with Crippen molar-refractivity contribution in [3.05, 3.63) is 70.0 Å². The molecule has 2 aromatic carbocycles. The number of allylic oxidation sites excluding steroid dienone is 1. The first-order valence-corrected chi connectivity index (χ1v) is 13.0. The topological polar surface area (TPSA) is 69.7 Å². The molecule has 0 N–H and O–H groups in total. The van der Waals surface area contributed by atoms with Crippen molar-refractivity contribution in [2.75, 3.05) is 25.2 Å². The van der Waals surface area contributed by atoms with E-state index in [2.05, 4.69) is 0 Å². The van der Waals surface area contributed by atoms with Gasteiger partial charge >= 0.3 is 12.1 Å². The summed E-state index contributed by atoms with van der Waals surface area (Å²) in [5.74, 6) is -1.90. The maximum absolute atomic E-state index is 14.7. The van der Waals surface area contributed by atoms with E-state index in [-0.39, 0.29) is 47.8 Å². The SMILES string of the molecule is CCOC(=O)c1cc2c(cc1F)C(C)(C)C=C2c1ccc(OCCCS(C)(=O)=O)cc1C(F)(F)F. The molecule has 0 aromatic heterocycles. The lowest BCUT2D eigenvalue weighted by Gasteiger charge is -2.18. The van der Waals surface area contributed by atoms with Gasteiger partial charge in [-0.25, -0.2) is 17.6 Å². The fourth-order valence-electron chi connectivity index (χ4n) is 4.03. The first-order valence-electron chi connectivity index (χ1n) is 10.9.